The number of nitrogen functional groups attached to an aromatic ring is 1. The molecule has 1 aromatic heterocycles. The number of benzene rings is 1. The average Bonchev–Trinajstić information content (AvgIpc) is 2.71. The summed E-state index contributed by atoms with van der Waals surface area (Å²) in [5.74, 6) is 1.47. The van der Waals surface area contributed by atoms with Crippen molar-refractivity contribution in [1.29, 1.82) is 0 Å². The number of carbonyl (C=O) groups excluding carboxylic acids is 1. The zero-order valence-corrected chi connectivity index (χ0v) is 12.3. The third-order valence-corrected chi connectivity index (χ3v) is 3.81. The molecule has 1 aromatic carbocycles. The van der Waals surface area contributed by atoms with Crippen molar-refractivity contribution in [3.8, 4) is 0 Å². The van der Waals surface area contributed by atoms with E-state index in [4.69, 9.17) is 5.73 Å². The van der Waals surface area contributed by atoms with Crippen LogP contribution < -0.4 is 11.1 Å². The van der Waals surface area contributed by atoms with E-state index in [1.807, 2.05) is 30.7 Å². The minimum absolute atomic E-state index is 0.0398. The molecular weight excluding hydrogens is 274 g/mol. The van der Waals surface area contributed by atoms with Gasteiger partial charge in [-0.1, -0.05) is 17.8 Å². The Bertz CT molecular complexity index is 611. The largest absolute Gasteiger partial charge is 0.399 e. The lowest BCUT2D eigenvalue weighted by Gasteiger charge is -2.05. The fraction of sp³-hybridized carbons (Fsp3) is 0.308. The number of carbonyl (C=O) groups is 1. The zero-order chi connectivity index (χ0) is 14.5. The number of nitrogens with two attached hydrogens (primary N) is 1. The molecule has 0 aliphatic rings. The Morgan fingerprint density at radius 1 is 1.45 bits per heavy atom. The minimum atomic E-state index is -0.0398. The highest BCUT2D eigenvalue weighted by Crippen LogP contribution is 2.17. The van der Waals surface area contributed by atoms with Gasteiger partial charge in [-0.2, -0.15) is 0 Å². The highest BCUT2D eigenvalue weighted by Gasteiger charge is 2.07. The van der Waals surface area contributed by atoms with E-state index in [0.29, 0.717) is 17.9 Å². The van der Waals surface area contributed by atoms with Crippen LogP contribution in [0.5, 0.6) is 0 Å². The number of nitrogens with one attached hydrogen (secondary N) is 1. The normalized spacial score (nSPS) is 10.5. The van der Waals surface area contributed by atoms with Crippen LogP contribution in [0.15, 0.2) is 29.4 Å². The first-order valence-electron chi connectivity index (χ1n) is 6.20. The average molecular weight is 291 g/mol. The Morgan fingerprint density at radius 3 is 2.90 bits per heavy atom. The van der Waals surface area contributed by atoms with Crippen molar-refractivity contribution >= 4 is 29.0 Å². The van der Waals surface area contributed by atoms with Crippen LogP contribution >= 0.6 is 11.8 Å². The molecule has 2 rings (SSSR count). The quantitative estimate of drug-likeness (QED) is 0.648. The number of thioether (sulfide) groups is 1. The Kier molecular flexibility index (Phi) is 4.62. The molecule has 106 valence electrons. The van der Waals surface area contributed by atoms with Gasteiger partial charge in [-0.25, -0.2) is 0 Å². The van der Waals surface area contributed by atoms with Gasteiger partial charge in [0.1, 0.15) is 5.82 Å². The molecule has 0 aliphatic heterocycles. The Labute approximate surface area is 121 Å². The predicted octanol–water partition coefficient (Wildman–Crippen LogP) is 1.83. The second-order valence-electron chi connectivity index (χ2n) is 4.36. The molecule has 6 nitrogen and oxygen atoms in total. The summed E-state index contributed by atoms with van der Waals surface area (Å²) in [6.45, 7) is 1.89. The summed E-state index contributed by atoms with van der Waals surface area (Å²) in [6.07, 6.45) is 0.408. The van der Waals surface area contributed by atoms with Crippen LogP contribution in [0.3, 0.4) is 0 Å². The van der Waals surface area contributed by atoms with Crippen LogP contribution in [-0.4, -0.2) is 26.4 Å². The van der Waals surface area contributed by atoms with E-state index in [9.17, 15) is 4.79 Å². The number of rotatable bonds is 5. The molecule has 0 fully saturated rings. The molecule has 0 bridgehead atoms. The smallest absolute Gasteiger partial charge is 0.225 e. The second kappa shape index (κ2) is 6.42. The van der Waals surface area contributed by atoms with Gasteiger partial charge in [-0.3, -0.25) is 4.79 Å². The summed E-state index contributed by atoms with van der Waals surface area (Å²) in [4.78, 5) is 11.8. The van der Waals surface area contributed by atoms with Gasteiger partial charge in [0.15, 0.2) is 5.16 Å². The maximum absolute atomic E-state index is 11.8. The summed E-state index contributed by atoms with van der Waals surface area (Å²) in [7, 11) is 1.91. The minimum Gasteiger partial charge on any atom is -0.399 e. The summed E-state index contributed by atoms with van der Waals surface area (Å²) in [6, 6.07) is 7.13. The van der Waals surface area contributed by atoms with E-state index in [0.717, 1.165) is 16.7 Å². The summed E-state index contributed by atoms with van der Waals surface area (Å²) in [5.41, 5.74) is 7.00. The third kappa shape index (κ3) is 3.74. The first-order chi connectivity index (χ1) is 9.56. The van der Waals surface area contributed by atoms with Crippen LogP contribution in [-0.2, 0) is 11.8 Å². The topological polar surface area (TPSA) is 85.8 Å². The number of hydrogen-bond donors (Lipinski definition) is 2. The van der Waals surface area contributed by atoms with Gasteiger partial charge >= 0.3 is 0 Å². The molecule has 0 saturated carbocycles. The van der Waals surface area contributed by atoms with Gasteiger partial charge in [0.2, 0.25) is 5.91 Å². The van der Waals surface area contributed by atoms with E-state index < -0.39 is 0 Å². The Balaban J connectivity index is 1.80. The number of aromatic nitrogens is 3. The molecule has 3 N–H and O–H groups in total. The molecular formula is C13H17N5OS. The first-order valence-corrected chi connectivity index (χ1v) is 7.19. The molecule has 1 heterocycles. The molecule has 0 saturated heterocycles. The SMILES string of the molecule is Cc1nnc(SCCC(=O)Nc2cccc(N)c2)n1C. The van der Waals surface area contributed by atoms with Gasteiger partial charge in [0.05, 0.1) is 0 Å². The van der Waals surface area contributed by atoms with E-state index in [1.165, 1.54) is 11.8 Å². The molecule has 0 aliphatic carbocycles. The number of hydrogen-bond acceptors (Lipinski definition) is 5. The predicted molar refractivity (Wildman–Crippen MR) is 80.6 cm³/mol. The van der Waals surface area contributed by atoms with Crippen LogP contribution in [0.1, 0.15) is 12.2 Å². The molecule has 0 spiro atoms. The summed E-state index contributed by atoms with van der Waals surface area (Å²) in [5, 5.41) is 11.6. The molecule has 2 aromatic rings. The molecule has 20 heavy (non-hydrogen) atoms. The van der Waals surface area contributed by atoms with Crippen molar-refractivity contribution in [2.24, 2.45) is 7.05 Å². The van der Waals surface area contributed by atoms with Gasteiger partial charge in [0, 0.05) is 30.6 Å². The highest BCUT2D eigenvalue weighted by molar-refractivity contribution is 7.99. The lowest BCUT2D eigenvalue weighted by molar-refractivity contribution is -0.115. The Morgan fingerprint density at radius 2 is 2.25 bits per heavy atom. The summed E-state index contributed by atoms with van der Waals surface area (Å²) >= 11 is 1.51. The number of nitrogens with zero attached hydrogens (tertiary/aromatic N) is 3. The lowest BCUT2D eigenvalue weighted by Crippen LogP contribution is -2.12. The molecule has 7 heteroatoms. The fourth-order valence-electron chi connectivity index (χ4n) is 1.59. The zero-order valence-electron chi connectivity index (χ0n) is 11.5. The van der Waals surface area contributed by atoms with Crippen molar-refractivity contribution in [2.75, 3.05) is 16.8 Å². The van der Waals surface area contributed by atoms with Crippen LogP contribution in [0.25, 0.3) is 0 Å². The van der Waals surface area contributed by atoms with Crippen molar-refractivity contribution in [2.45, 2.75) is 18.5 Å². The maximum Gasteiger partial charge on any atom is 0.225 e. The molecule has 0 radical (unpaired) electrons. The molecule has 0 unspecified atom stereocenters. The van der Waals surface area contributed by atoms with Crippen molar-refractivity contribution in [1.82, 2.24) is 14.8 Å². The van der Waals surface area contributed by atoms with Crippen LogP contribution in [0, 0.1) is 6.92 Å². The molecule has 1 amide bonds. The van der Waals surface area contributed by atoms with E-state index >= 15 is 0 Å². The van der Waals surface area contributed by atoms with Gasteiger partial charge in [-0.15, -0.1) is 10.2 Å². The van der Waals surface area contributed by atoms with Crippen molar-refractivity contribution < 1.29 is 4.79 Å². The van der Waals surface area contributed by atoms with E-state index in [-0.39, 0.29) is 5.91 Å². The van der Waals surface area contributed by atoms with Crippen LogP contribution in [0.4, 0.5) is 11.4 Å². The van der Waals surface area contributed by atoms with Gasteiger partial charge in [-0.05, 0) is 25.1 Å². The molecule has 0 atom stereocenters. The van der Waals surface area contributed by atoms with Gasteiger partial charge in [0.25, 0.3) is 0 Å². The Hall–Kier alpha value is -2.02. The van der Waals surface area contributed by atoms with E-state index in [2.05, 4.69) is 15.5 Å². The fourth-order valence-corrected chi connectivity index (χ4v) is 2.48. The number of amides is 1. The first kappa shape index (κ1) is 14.4. The standard InChI is InChI=1S/C13H17N5OS/c1-9-16-17-13(18(9)2)20-7-6-12(19)15-11-5-3-4-10(14)8-11/h3-5,8H,6-7,14H2,1-2H3,(H,15,19). The lowest BCUT2D eigenvalue weighted by atomic mass is 10.3. The van der Waals surface area contributed by atoms with Crippen LogP contribution in [0.2, 0.25) is 0 Å². The van der Waals surface area contributed by atoms with Gasteiger partial charge < -0.3 is 15.6 Å². The van der Waals surface area contributed by atoms with Crippen molar-refractivity contribution in [3.63, 3.8) is 0 Å². The number of anilines is 2. The summed E-state index contributed by atoms with van der Waals surface area (Å²) < 4.78 is 1.90. The second-order valence-corrected chi connectivity index (χ2v) is 5.42. The van der Waals surface area contributed by atoms with E-state index in [1.54, 1.807) is 12.1 Å². The monoisotopic (exact) mass is 291 g/mol. The van der Waals surface area contributed by atoms with Crippen molar-refractivity contribution in [3.05, 3.63) is 30.1 Å². The highest BCUT2D eigenvalue weighted by atomic mass is 32.2. The number of aryl methyl sites for hydroxylation is 1. The maximum atomic E-state index is 11.8. The third-order valence-electron chi connectivity index (χ3n) is 2.78.